The fraction of sp³-hybridized carbons (Fsp3) is 0.533. The molecule has 0 saturated heterocycles. The molecule has 4 heteroatoms. The molecule has 1 amide bonds. The molecule has 1 rings (SSSR count). The number of hydrogen-bond donors (Lipinski definition) is 0. The molecule has 0 N–H and O–H groups in total. The summed E-state index contributed by atoms with van der Waals surface area (Å²) in [6, 6.07) is 8.35. The molecule has 0 bridgehead atoms. The van der Waals surface area contributed by atoms with Gasteiger partial charge >= 0.3 is 0 Å². The molecular formula is C15H22ClNO2. The second-order valence-electron chi connectivity index (χ2n) is 4.84. The van der Waals surface area contributed by atoms with Gasteiger partial charge in [0.1, 0.15) is 5.88 Å². The van der Waals surface area contributed by atoms with Gasteiger partial charge in [0.05, 0.1) is 6.61 Å². The van der Waals surface area contributed by atoms with Gasteiger partial charge in [-0.25, -0.2) is 0 Å². The molecule has 1 aromatic rings. The van der Waals surface area contributed by atoms with Crippen LogP contribution in [0.5, 0.6) is 0 Å². The van der Waals surface area contributed by atoms with Crippen molar-refractivity contribution in [3.8, 4) is 0 Å². The predicted molar refractivity (Wildman–Crippen MR) is 78.5 cm³/mol. The number of benzene rings is 1. The maximum atomic E-state index is 11.7. The largest absolute Gasteiger partial charge is 0.383 e. The molecule has 106 valence electrons. The van der Waals surface area contributed by atoms with Crippen LogP contribution in [0.25, 0.3) is 0 Å². The van der Waals surface area contributed by atoms with Crippen LogP contribution in [0.2, 0.25) is 0 Å². The molecule has 19 heavy (non-hydrogen) atoms. The number of nitrogens with zero attached hydrogens (tertiary/aromatic N) is 1. The number of carbonyl (C=O) groups excluding carboxylic acids is 1. The smallest absolute Gasteiger partial charge is 0.237 e. The summed E-state index contributed by atoms with van der Waals surface area (Å²) in [5, 5.41) is 0. The van der Waals surface area contributed by atoms with Crippen molar-refractivity contribution in [3.05, 3.63) is 35.4 Å². The number of ether oxygens (including phenoxy) is 1. The Labute approximate surface area is 120 Å². The van der Waals surface area contributed by atoms with Crippen LogP contribution in [0.1, 0.15) is 30.9 Å². The van der Waals surface area contributed by atoms with Crippen molar-refractivity contribution in [2.75, 3.05) is 26.1 Å². The number of halogens is 1. The van der Waals surface area contributed by atoms with Crippen LogP contribution in [0.4, 0.5) is 0 Å². The van der Waals surface area contributed by atoms with Gasteiger partial charge in [-0.15, -0.1) is 11.6 Å². The van der Waals surface area contributed by atoms with Gasteiger partial charge in [-0.3, -0.25) is 4.79 Å². The van der Waals surface area contributed by atoms with Crippen LogP contribution < -0.4 is 0 Å². The van der Waals surface area contributed by atoms with Crippen LogP contribution in [0.15, 0.2) is 24.3 Å². The van der Waals surface area contributed by atoms with Gasteiger partial charge in [0, 0.05) is 20.2 Å². The Morgan fingerprint density at radius 1 is 1.32 bits per heavy atom. The minimum Gasteiger partial charge on any atom is -0.383 e. The third-order valence-electron chi connectivity index (χ3n) is 3.05. The van der Waals surface area contributed by atoms with Crippen molar-refractivity contribution in [1.82, 2.24) is 4.90 Å². The van der Waals surface area contributed by atoms with E-state index in [1.54, 1.807) is 12.0 Å². The second kappa shape index (κ2) is 8.18. The maximum absolute atomic E-state index is 11.7. The van der Waals surface area contributed by atoms with Crippen LogP contribution in [-0.2, 0) is 16.1 Å². The molecule has 0 atom stereocenters. The van der Waals surface area contributed by atoms with Gasteiger partial charge in [-0.1, -0.05) is 38.1 Å². The summed E-state index contributed by atoms with van der Waals surface area (Å²) >= 11 is 5.63. The molecule has 0 aliphatic rings. The van der Waals surface area contributed by atoms with Crippen molar-refractivity contribution >= 4 is 17.5 Å². The molecule has 3 nitrogen and oxygen atoms in total. The van der Waals surface area contributed by atoms with E-state index in [2.05, 4.69) is 38.1 Å². The van der Waals surface area contributed by atoms with E-state index in [0.29, 0.717) is 25.6 Å². The fourth-order valence-corrected chi connectivity index (χ4v) is 1.98. The minimum atomic E-state index is -0.0633. The molecule has 0 fully saturated rings. The highest BCUT2D eigenvalue weighted by molar-refractivity contribution is 6.27. The Bertz CT molecular complexity index is 390. The lowest BCUT2D eigenvalue weighted by Crippen LogP contribution is -2.34. The first-order valence-electron chi connectivity index (χ1n) is 6.50. The van der Waals surface area contributed by atoms with Crippen molar-refractivity contribution in [2.24, 2.45) is 0 Å². The molecule has 0 unspecified atom stereocenters. The summed E-state index contributed by atoms with van der Waals surface area (Å²) in [7, 11) is 1.63. The summed E-state index contributed by atoms with van der Waals surface area (Å²) in [4.78, 5) is 13.5. The second-order valence-corrected chi connectivity index (χ2v) is 5.11. The van der Waals surface area contributed by atoms with Crippen molar-refractivity contribution < 1.29 is 9.53 Å². The first-order valence-corrected chi connectivity index (χ1v) is 7.03. The summed E-state index contributed by atoms with van der Waals surface area (Å²) < 4.78 is 5.02. The van der Waals surface area contributed by atoms with E-state index in [1.165, 1.54) is 5.56 Å². The van der Waals surface area contributed by atoms with Gasteiger partial charge in [0.2, 0.25) is 5.91 Å². The quantitative estimate of drug-likeness (QED) is 0.720. The fourth-order valence-electron chi connectivity index (χ4n) is 1.81. The first kappa shape index (κ1) is 16.0. The normalized spacial score (nSPS) is 10.8. The first-order chi connectivity index (χ1) is 9.08. The summed E-state index contributed by atoms with van der Waals surface area (Å²) in [5.41, 5.74) is 2.41. The van der Waals surface area contributed by atoms with Gasteiger partial charge in [-0.2, -0.15) is 0 Å². The van der Waals surface area contributed by atoms with E-state index < -0.39 is 0 Å². The molecule has 1 aromatic carbocycles. The number of alkyl halides is 1. The molecule has 0 radical (unpaired) electrons. The van der Waals surface area contributed by atoms with Gasteiger partial charge in [-0.05, 0) is 17.0 Å². The maximum Gasteiger partial charge on any atom is 0.237 e. The van der Waals surface area contributed by atoms with E-state index in [1.807, 2.05) is 0 Å². The molecule has 0 aliphatic heterocycles. The zero-order valence-electron chi connectivity index (χ0n) is 11.9. The number of hydrogen-bond acceptors (Lipinski definition) is 2. The van der Waals surface area contributed by atoms with E-state index in [4.69, 9.17) is 16.3 Å². The zero-order chi connectivity index (χ0) is 14.3. The lowest BCUT2D eigenvalue weighted by Gasteiger charge is -2.21. The monoisotopic (exact) mass is 283 g/mol. The Morgan fingerprint density at radius 2 is 1.95 bits per heavy atom. The summed E-state index contributed by atoms with van der Waals surface area (Å²) in [6.07, 6.45) is 0. The average Bonchev–Trinajstić information content (AvgIpc) is 2.43. The minimum absolute atomic E-state index is 0.00773. The van der Waals surface area contributed by atoms with Crippen molar-refractivity contribution in [3.63, 3.8) is 0 Å². The van der Waals surface area contributed by atoms with Crippen molar-refractivity contribution in [1.29, 1.82) is 0 Å². The molecular weight excluding hydrogens is 262 g/mol. The van der Waals surface area contributed by atoms with Gasteiger partial charge in [0.25, 0.3) is 0 Å². The van der Waals surface area contributed by atoms with Crippen LogP contribution in [-0.4, -0.2) is 36.9 Å². The summed E-state index contributed by atoms with van der Waals surface area (Å²) in [6.45, 7) is 5.99. The zero-order valence-corrected chi connectivity index (χ0v) is 12.6. The van der Waals surface area contributed by atoms with E-state index in [9.17, 15) is 4.79 Å². The Kier molecular flexibility index (Phi) is 6.89. The molecule has 0 saturated carbocycles. The highest BCUT2D eigenvalue weighted by atomic mass is 35.5. The number of methoxy groups -OCH3 is 1. The lowest BCUT2D eigenvalue weighted by molar-refractivity contribution is -0.129. The average molecular weight is 284 g/mol. The van der Waals surface area contributed by atoms with Crippen LogP contribution >= 0.6 is 11.6 Å². The summed E-state index contributed by atoms with van der Waals surface area (Å²) in [5.74, 6) is 0.461. The highest BCUT2D eigenvalue weighted by Crippen LogP contribution is 2.15. The number of rotatable bonds is 7. The topological polar surface area (TPSA) is 29.5 Å². The lowest BCUT2D eigenvalue weighted by atomic mass is 10.0. The number of carbonyl (C=O) groups is 1. The molecule has 0 spiro atoms. The van der Waals surface area contributed by atoms with E-state index >= 15 is 0 Å². The van der Waals surface area contributed by atoms with Crippen LogP contribution in [0.3, 0.4) is 0 Å². The molecule has 0 aromatic heterocycles. The molecule has 0 heterocycles. The van der Waals surface area contributed by atoms with Gasteiger partial charge < -0.3 is 9.64 Å². The predicted octanol–water partition coefficient (Wildman–Crippen LogP) is 3.02. The van der Waals surface area contributed by atoms with Crippen molar-refractivity contribution in [2.45, 2.75) is 26.3 Å². The third-order valence-corrected chi connectivity index (χ3v) is 3.28. The van der Waals surface area contributed by atoms with Crippen LogP contribution in [0, 0.1) is 0 Å². The highest BCUT2D eigenvalue weighted by Gasteiger charge is 2.12. The van der Waals surface area contributed by atoms with E-state index in [0.717, 1.165) is 5.56 Å². The van der Waals surface area contributed by atoms with Gasteiger partial charge in [0.15, 0.2) is 0 Å². The Balaban J connectivity index is 2.69. The standard InChI is InChI=1S/C15H22ClNO2/c1-12(2)14-6-4-13(5-7-14)11-17(8-9-19-3)15(18)10-16/h4-7,12H,8-11H2,1-3H3. The third kappa shape index (κ3) is 5.21. The SMILES string of the molecule is COCCN(Cc1ccc(C(C)C)cc1)C(=O)CCl. The number of amides is 1. The molecule has 0 aliphatic carbocycles. The Hall–Kier alpha value is -1.06. The van der Waals surface area contributed by atoms with E-state index in [-0.39, 0.29) is 11.8 Å². The Morgan fingerprint density at radius 3 is 2.42 bits per heavy atom.